The summed E-state index contributed by atoms with van der Waals surface area (Å²) in [6.45, 7) is 2.06. The second-order valence-electron chi connectivity index (χ2n) is 6.04. The van der Waals surface area contributed by atoms with Crippen LogP contribution >= 0.6 is 0 Å². The average Bonchev–Trinajstić information content (AvgIpc) is 2.70. The number of hydrogen-bond acceptors (Lipinski definition) is 5. The van der Waals surface area contributed by atoms with Crippen LogP contribution in [0.5, 0.6) is 17.2 Å². The molecule has 0 aliphatic carbocycles. The fraction of sp³-hybridized carbons (Fsp3) is 0.300. The van der Waals surface area contributed by atoms with E-state index in [2.05, 4.69) is 10.5 Å². The molecule has 1 N–H and O–H groups in total. The Morgan fingerprint density at radius 1 is 1.19 bits per heavy atom. The quantitative estimate of drug-likeness (QED) is 0.640. The number of amides is 1. The molecule has 0 bridgehead atoms. The van der Waals surface area contributed by atoms with E-state index in [-0.39, 0.29) is 12.5 Å². The molecule has 0 unspecified atom stereocenters. The molecule has 136 valence electrons. The summed E-state index contributed by atoms with van der Waals surface area (Å²) >= 11 is 0. The minimum atomic E-state index is -0.706. The van der Waals surface area contributed by atoms with Gasteiger partial charge in [0.05, 0.1) is 7.11 Å². The highest BCUT2D eigenvalue weighted by molar-refractivity contribution is 5.86. The van der Waals surface area contributed by atoms with Gasteiger partial charge < -0.3 is 14.2 Å². The summed E-state index contributed by atoms with van der Waals surface area (Å²) in [5.74, 6) is 1.74. The number of carbonyl (C=O) groups is 1. The van der Waals surface area contributed by atoms with Gasteiger partial charge in [-0.1, -0.05) is 24.3 Å². The van der Waals surface area contributed by atoms with Crippen LogP contribution in [0.25, 0.3) is 0 Å². The molecule has 1 amide bonds. The van der Waals surface area contributed by atoms with E-state index in [1.54, 1.807) is 13.2 Å². The zero-order valence-corrected chi connectivity index (χ0v) is 14.9. The maximum atomic E-state index is 12.2. The van der Waals surface area contributed by atoms with Gasteiger partial charge >= 0.3 is 0 Å². The molecule has 1 atom stereocenters. The maximum Gasteiger partial charge on any atom is 0.284 e. The van der Waals surface area contributed by atoms with Crippen molar-refractivity contribution in [3.63, 3.8) is 0 Å². The third kappa shape index (κ3) is 4.53. The van der Waals surface area contributed by atoms with Crippen molar-refractivity contribution < 1.29 is 19.0 Å². The third-order valence-corrected chi connectivity index (χ3v) is 4.09. The SMILES string of the molecule is COc1ccc(CC/C(C)=N\NC(=O)[C@@H]2COc3ccccc3O2)cc1. The molecule has 0 saturated carbocycles. The van der Waals surface area contributed by atoms with Crippen LogP contribution in [0.15, 0.2) is 53.6 Å². The number of hydrazone groups is 1. The summed E-state index contributed by atoms with van der Waals surface area (Å²) < 4.78 is 16.3. The first-order valence-corrected chi connectivity index (χ1v) is 8.50. The Kier molecular flexibility index (Phi) is 5.73. The zero-order chi connectivity index (χ0) is 18.4. The van der Waals surface area contributed by atoms with Crippen LogP contribution in [-0.4, -0.2) is 31.4 Å². The lowest BCUT2D eigenvalue weighted by Crippen LogP contribution is -2.42. The molecule has 3 rings (SSSR count). The van der Waals surface area contributed by atoms with E-state index in [0.29, 0.717) is 11.5 Å². The van der Waals surface area contributed by atoms with Gasteiger partial charge in [0.15, 0.2) is 11.5 Å². The Morgan fingerprint density at radius 3 is 2.65 bits per heavy atom. The van der Waals surface area contributed by atoms with Crippen LogP contribution in [0.1, 0.15) is 18.9 Å². The van der Waals surface area contributed by atoms with E-state index in [1.165, 1.54) is 5.56 Å². The van der Waals surface area contributed by atoms with Crippen LogP contribution in [0.4, 0.5) is 0 Å². The number of methoxy groups -OCH3 is 1. The molecule has 1 aliphatic rings. The molecule has 0 aromatic heterocycles. The fourth-order valence-corrected chi connectivity index (χ4v) is 2.54. The van der Waals surface area contributed by atoms with Crippen LogP contribution in [0, 0.1) is 0 Å². The number of ether oxygens (including phenoxy) is 3. The predicted molar refractivity (Wildman–Crippen MR) is 98.9 cm³/mol. The van der Waals surface area contributed by atoms with Crippen molar-refractivity contribution in [1.82, 2.24) is 5.43 Å². The largest absolute Gasteiger partial charge is 0.497 e. The van der Waals surface area contributed by atoms with Gasteiger partial charge in [-0.25, -0.2) is 5.43 Å². The summed E-state index contributed by atoms with van der Waals surface area (Å²) in [6.07, 6.45) is 0.881. The second kappa shape index (κ2) is 8.38. The number of fused-ring (bicyclic) bond motifs is 1. The van der Waals surface area contributed by atoms with Crippen LogP contribution in [-0.2, 0) is 11.2 Å². The van der Waals surface area contributed by atoms with E-state index < -0.39 is 6.10 Å². The lowest BCUT2D eigenvalue weighted by Gasteiger charge is -2.24. The Morgan fingerprint density at radius 2 is 1.92 bits per heavy atom. The van der Waals surface area contributed by atoms with Gasteiger partial charge in [0, 0.05) is 5.71 Å². The minimum Gasteiger partial charge on any atom is -0.497 e. The molecule has 2 aromatic carbocycles. The van der Waals surface area contributed by atoms with Gasteiger partial charge in [-0.3, -0.25) is 4.79 Å². The number of para-hydroxylation sites is 2. The number of rotatable bonds is 6. The Labute approximate surface area is 152 Å². The molecular weight excluding hydrogens is 332 g/mol. The van der Waals surface area contributed by atoms with Gasteiger partial charge in [-0.2, -0.15) is 5.10 Å². The molecule has 0 fully saturated rings. The van der Waals surface area contributed by atoms with Crippen LogP contribution in [0.2, 0.25) is 0 Å². The summed E-state index contributed by atoms with van der Waals surface area (Å²) in [6, 6.07) is 15.2. The summed E-state index contributed by atoms with van der Waals surface area (Å²) in [5, 5.41) is 4.16. The first-order chi connectivity index (χ1) is 12.7. The van der Waals surface area contributed by atoms with E-state index in [4.69, 9.17) is 14.2 Å². The minimum absolute atomic E-state index is 0.170. The van der Waals surface area contributed by atoms with Crippen molar-refractivity contribution in [3.8, 4) is 17.2 Å². The highest BCUT2D eigenvalue weighted by atomic mass is 16.6. The molecular formula is C20H22N2O4. The zero-order valence-electron chi connectivity index (χ0n) is 14.9. The van der Waals surface area contributed by atoms with Crippen molar-refractivity contribution in [1.29, 1.82) is 0 Å². The number of aryl methyl sites for hydroxylation is 1. The Bertz CT molecular complexity index is 787. The van der Waals surface area contributed by atoms with E-state index in [0.717, 1.165) is 24.3 Å². The van der Waals surface area contributed by atoms with E-state index >= 15 is 0 Å². The van der Waals surface area contributed by atoms with Crippen molar-refractivity contribution in [2.45, 2.75) is 25.9 Å². The molecule has 0 saturated heterocycles. The highest BCUT2D eigenvalue weighted by Gasteiger charge is 2.27. The summed E-state index contributed by atoms with van der Waals surface area (Å²) in [7, 11) is 1.65. The normalized spacial score (nSPS) is 16.1. The van der Waals surface area contributed by atoms with Crippen LogP contribution in [0.3, 0.4) is 0 Å². The number of nitrogens with one attached hydrogen (secondary N) is 1. The van der Waals surface area contributed by atoms with Crippen molar-refractivity contribution >= 4 is 11.6 Å². The maximum absolute atomic E-state index is 12.2. The monoisotopic (exact) mass is 354 g/mol. The Balaban J connectivity index is 1.48. The van der Waals surface area contributed by atoms with Crippen molar-refractivity contribution in [3.05, 3.63) is 54.1 Å². The second-order valence-corrected chi connectivity index (χ2v) is 6.04. The molecule has 6 heteroatoms. The van der Waals surface area contributed by atoms with Gasteiger partial charge in [-0.05, 0) is 49.6 Å². The van der Waals surface area contributed by atoms with Crippen molar-refractivity contribution in [2.24, 2.45) is 5.10 Å². The van der Waals surface area contributed by atoms with Crippen LogP contribution < -0.4 is 19.6 Å². The average molecular weight is 354 g/mol. The standard InChI is InChI=1S/C20H22N2O4/c1-14(7-8-15-9-11-16(24-2)12-10-15)21-22-20(23)19-13-25-17-5-3-4-6-18(17)26-19/h3-6,9-12,19H,7-8,13H2,1-2H3,(H,22,23)/b21-14-/t19-/m0/s1. The molecule has 0 radical (unpaired) electrons. The highest BCUT2D eigenvalue weighted by Crippen LogP contribution is 2.30. The number of nitrogens with zero attached hydrogens (tertiary/aromatic N) is 1. The topological polar surface area (TPSA) is 69.2 Å². The van der Waals surface area contributed by atoms with Gasteiger partial charge in [0.1, 0.15) is 12.4 Å². The molecule has 1 aliphatic heterocycles. The van der Waals surface area contributed by atoms with Gasteiger partial charge in [0.25, 0.3) is 5.91 Å². The first kappa shape index (κ1) is 17.8. The number of carbonyl (C=O) groups excluding carboxylic acids is 1. The number of benzene rings is 2. The first-order valence-electron chi connectivity index (χ1n) is 8.50. The molecule has 2 aromatic rings. The smallest absolute Gasteiger partial charge is 0.284 e. The third-order valence-electron chi connectivity index (χ3n) is 4.09. The van der Waals surface area contributed by atoms with Gasteiger partial charge in [-0.15, -0.1) is 0 Å². The lowest BCUT2D eigenvalue weighted by atomic mass is 10.1. The molecule has 26 heavy (non-hydrogen) atoms. The summed E-state index contributed by atoms with van der Waals surface area (Å²) in [5.41, 5.74) is 4.59. The van der Waals surface area contributed by atoms with E-state index in [1.807, 2.05) is 49.4 Å². The Hall–Kier alpha value is -3.02. The molecule has 6 nitrogen and oxygen atoms in total. The van der Waals surface area contributed by atoms with E-state index in [9.17, 15) is 4.79 Å². The van der Waals surface area contributed by atoms with Gasteiger partial charge in [0.2, 0.25) is 6.10 Å². The molecule has 1 heterocycles. The van der Waals surface area contributed by atoms with Crippen molar-refractivity contribution in [2.75, 3.05) is 13.7 Å². The number of hydrogen-bond donors (Lipinski definition) is 1. The lowest BCUT2D eigenvalue weighted by molar-refractivity contribution is -0.130. The molecule has 0 spiro atoms. The fourth-order valence-electron chi connectivity index (χ4n) is 2.54. The summed E-state index contributed by atoms with van der Waals surface area (Å²) in [4.78, 5) is 12.2. The predicted octanol–water partition coefficient (Wildman–Crippen LogP) is 2.96.